The minimum atomic E-state index is 0.118. The van der Waals surface area contributed by atoms with Crippen molar-refractivity contribution in [3.63, 3.8) is 0 Å². The van der Waals surface area contributed by atoms with Crippen LogP contribution in [0.4, 0.5) is 0 Å². The maximum Gasteiger partial charge on any atom is 0.231 e. The van der Waals surface area contributed by atoms with E-state index in [-0.39, 0.29) is 5.91 Å². The molecule has 0 amide bonds. The lowest BCUT2D eigenvalue weighted by Crippen LogP contribution is -2.09. The molecule has 3 heteroatoms. The second-order valence-electron chi connectivity index (χ2n) is 4.68. The molecule has 0 N–H and O–H groups in total. The highest BCUT2D eigenvalue weighted by atomic mass is 16.2. The zero-order valence-electron chi connectivity index (χ0n) is 11.5. The lowest BCUT2D eigenvalue weighted by Gasteiger charge is -2.07. The summed E-state index contributed by atoms with van der Waals surface area (Å²) < 4.78 is 1.55. The maximum absolute atomic E-state index is 11.7. The predicted octanol–water partition coefficient (Wildman–Crippen LogP) is 3.85. The molecule has 18 heavy (non-hydrogen) atoms. The molecule has 0 unspecified atom stereocenters. The first-order chi connectivity index (χ1) is 8.63. The molecule has 1 aromatic rings. The van der Waals surface area contributed by atoms with Crippen molar-refractivity contribution in [3.8, 4) is 0 Å². The van der Waals surface area contributed by atoms with Gasteiger partial charge in [-0.2, -0.15) is 0 Å². The van der Waals surface area contributed by atoms with Gasteiger partial charge in [0.15, 0.2) is 0 Å². The van der Waals surface area contributed by atoms with Crippen LogP contribution >= 0.6 is 0 Å². The largest absolute Gasteiger partial charge is 0.276 e. The number of hydrogen-bond acceptors (Lipinski definition) is 2. The Labute approximate surface area is 109 Å². The molecule has 3 nitrogen and oxygen atoms in total. The van der Waals surface area contributed by atoms with Crippen LogP contribution < -0.4 is 0 Å². The molecule has 0 aliphatic rings. The summed E-state index contributed by atoms with van der Waals surface area (Å²) in [5, 5.41) is 0. The molecule has 0 aliphatic carbocycles. The van der Waals surface area contributed by atoms with E-state index in [1.807, 2.05) is 6.92 Å². The molecule has 0 bridgehead atoms. The summed E-state index contributed by atoms with van der Waals surface area (Å²) in [5.74, 6) is 0.645. The van der Waals surface area contributed by atoms with Gasteiger partial charge in [-0.1, -0.05) is 30.7 Å². The number of allylic oxidation sites excluding steroid dienone is 4. The molecule has 1 aromatic heterocycles. The fraction of sp³-hybridized carbons (Fsp3) is 0.467. The molecule has 0 saturated carbocycles. The maximum atomic E-state index is 11.7. The van der Waals surface area contributed by atoms with Gasteiger partial charge in [-0.25, -0.2) is 4.98 Å². The van der Waals surface area contributed by atoms with Gasteiger partial charge >= 0.3 is 0 Å². The molecule has 1 heterocycles. The van der Waals surface area contributed by atoms with E-state index >= 15 is 0 Å². The zero-order chi connectivity index (χ0) is 13.4. The Morgan fingerprint density at radius 3 is 2.89 bits per heavy atom. The Kier molecular flexibility index (Phi) is 6.12. The van der Waals surface area contributed by atoms with Gasteiger partial charge in [0.05, 0.1) is 0 Å². The summed E-state index contributed by atoms with van der Waals surface area (Å²) in [7, 11) is 0. The first-order valence-corrected chi connectivity index (χ1v) is 6.44. The Hall–Kier alpha value is -1.64. The normalized spacial score (nSPS) is 14.1. The third-order valence-electron chi connectivity index (χ3n) is 3.02. The summed E-state index contributed by atoms with van der Waals surface area (Å²) in [6.45, 7) is 6.30. The summed E-state index contributed by atoms with van der Waals surface area (Å²) in [6.07, 6.45) is 13.8. The van der Waals surface area contributed by atoms with Gasteiger partial charge in [0.1, 0.15) is 6.33 Å². The number of nitrogens with zero attached hydrogens (tertiary/aromatic N) is 2. The van der Waals surface area contributed by atoms with Gasteiger partial charge in [0, 0.05) is 18.8 Å². The van der Waals surface area contributed by atoms with E-state index in [4.69, 9.17) is 0 Å². The number of hydrogen-bond donors (Lipinski definition) is 0. The van der Waals surface area contributed by atoms with Crippen LogP contribution in [0, 0.1) is 5.92 Å². The SMILES string of the molecule is C/C=C(C)/C=C\C[C@H](C)CCC(=O)n1ccnc1. The van der Waals surface area contributed by atoms with Crippen LogP contribution in [-0.4, -0.2) is 15.5 Å². The molecule has 98 valence electrons. The zero-order valence-corrected chi connectivity index (χ0v) is 11.5. The smallest absolute Gasteiger partial charge is 0.231 e. The van der Waals surface area contributed by atoms with Crippen molar-refractivity contribution < 1.29 is 4.79 Å². The molecule has 0 aromatic carbocycles. The van der Waals surface area contributed by atoms with Crippen molar-refractivity contribution in [1.29, 1.82) is 0 Å². The van der Waals surface area contributed by atoms with Crippen LogP contribution in [0.2, 0.25) is 0 Å². The number of carbonyl (C=O) groups excluding carboxylic acids is 1. The highest BCUT2D eigenvalue weighted by Gasteiger charge is 2.07. The molecular formula is C15H22N2O. The highest BCUT2D eigenvalue weighted by Crippen LogP contribution is 2.12. The van der Waals surface area contributed by atoms with Crippen molar-refractivity contribution in [3.05, 3.63) is 42.5 Å². The van der Waals surface area contributed by atoms with Crippen molar-refractivity contribution in [1.82, 2.24) is 9.55 Å². The molecular weight excluding hydrogens is 224 g/mol. The standard InChI is InChI=1S/C15H22N2O/c1-4-13(2)6-5-7-14(3)8-9-15(18)17-11-10-16-12-17/h4-6,10-12,14H,7-9H2,1-3H3/b6-5-,13-4+/t14-/m0/s1. The molecule has 0 aliphatic heterocycles. The van der Waals surface area contributed by atoms with E-state index in [1.165, 1.54) is 5.57 Å². The van der Waals surface area contributed by atoms with Crippen LogP contribution in [0.15, 0.2) is 42.5 Å². The minimum Gasteiger partial charge on any atom is -0.276 e. The average Bonchev–Trinajstić information content (AvgIpc) is 2.89. The molecule has 0 radical (unpaired) electrons. The van der Waals surface area contributed by atoms with Crippen LogP contribution in [-0.2, 0) is 0 Å². The Morgan fingerprint density at radius 1 is 1.50 bits per heavy atom. The van der Waals surface area contributed by atoms with Gasteiger partial charge in [0.2, 0.25) is 5.91 Å². The lowest BCUT2D eigenvalue weighted by atomic mass is 10.0. The van der Waals surface area contributed by atoms with Gasteiger partial charge in [-0.05, 0) is 32.6 Å². The van der Waals surface area contributed by atoms with Crippen molar-refractivity contribution in [2.75, 3.05) is 0 Å². The van der Waals surface area contributed by atoms with E-state index in [2.05, 4.69) is 37.1 Å². The van der Waals surface area contributed by atoms with Crippen LogP contribution in [0.3, 0.4) is 0 Å². The second-order valence-corrected chi connectivity index (χ2v) is 4.68. The quantitative estimate of drug-likeness (QED) is 0.714. The first kappa shape index (κ1) is 14.4. The highest BCUT2D eigenvalue weighted by molar-refractivity contribution is 5.78. The van der Waals surface area contributed by atoms with Crippen molar-refractivity contribution in [2.45, 2.75) is 40.0 Å². The number of imidazole rings is 1. The average molecular weight is 246 g/mol. The third kappa shape index (κ3) is 5.13. The van der Waals surface area contributed by atoms with E-state index in [9.17, 15) is 4.79 Å². The summed E-state index contributed by atoms with van der Waals surface area (Å²) in [6, 6.07) is 0. The van der Waals surface area contributed by atoms with E-state index in [0.29, 0.717) is 12.3 Å². The Morgan fingerprint density at radius 2 is 2.28 bits per heavy atom. The monoisotopic (exact) mass is 246 g/mol. The van der Waals surface area contributed by atoms with Crippen LogP contribution in [0.25, 0.3) is 0 Å². The summed E-state index contributed by atoms with van der Waals surface area (Å²) in [4.78, 5) is 15.6. The minimum absolute atomic E-state index is 0.118. The Bertz CT molecular complexity index is 416. The van der Waals surface area contributed by atoms with E-state index in [1.54, 1.807) is 23.3 Å². The molecule has 0 saturated heterocycles. The van der Waals surface area contributed by atoms with Crippen molar-refractivity contribution in [2.24, 2.45) is 5.92 Å². The summed E-state index contributed by atoms with van der Waals surface area (Å²) >= 11 is 0. The van der Waals surface area contributed by atoms with Gasteiger partial charge in [0.25, 0.3) is 0 Å². The first-order valence-electron chi connectivity index (χ1n) is 6.44. The second kappa shape index (κ2) is 7.64. The number of aromatic nitrogens is 2. The fourth-order valence-electron chi connectivity index (χ4n) is 1.61. The lowest BCUT2D eigenvalue weighted by molar-refractivity contribution is 0.0894. The Balaban J connectivity index is 2.27. The van der Waals surface area contributed by atoms with E-state index in [0.717, 1.165) is 12.8 Å². The van der Waals surface area contributed by atoms with Crippen LogP contribution in [0.5, 0.6) is 0 Å². The number of carbonyl (C=O) groups is 1. The molecule has 1 atom stereocenters. The predicted molar refractivity (Wildman–Crippen MR) is 74.4 cm³/mol. The van der Waals surface area contributed by atoms with Gasteiger partial charge in [-0.3, -0.25) is 9.36 Å². The third-order valence-corrected chi connectivity index (χ3v) is 3.02. The topological polar surface area (TPSA) is 34.9 Å². The van der Waals surface area contributed by atoms with Crippen molar-refractivity contribution >= 4 is 5.91 Å². The van der Waals surface area contributed by atoms with Gasteiger partial charge < -0.3 is 0 Å². The summed E-state index contributed by atoms with van der Waals surface area (Å²) in [5.41, 5.74) is 1.27. The molecule has 0 fully saturated rings. The molecule has 0 spiro atoms. The van der Waals surface area contributed by atoms with Gasteiger partial charge in [-0.15, -0.1) is 0 Å². The van der Waals surface area contributed by atoms with E-state index < -0.39 is 0 Å². The molecule has 1 rings (SSSR count). The van der Waals surface area contributed by atoms with Crippen LogP contribution in [0.1, 0.15) is 44.8 Å². The fourth-order valence-corrected chi connectivity index (χ4v) is 1.61. The number of rotatable bonds is 6.